The van der Waals surface area contributed by atoms with Crippen LogP contribution in [0.2, 0.25) is 0 Å². The van der Waals surface area contributed by atoms with Gasteiger partial charge in [-0.25, -0.2) is 22.8 Å². The van der Waals surface area contributed by atoms with Crippen LogP contribution in [0.15, 0.2) is 29.2 Å². The summed E-state index contributed by atoms with van der Waals surface area (Å²) in [6.07, 6.45) is 0. The molecule has 1 aliphatic heterocycles. The van der Waals surface area contributed by atoms with Crippen LogP contribution in [0.25, 0.3) is 0 Å². The topological polar surface area (TPSA) is 78.9 Å². The molecular formula is C18H24FN5O3S. The van der Waals surface area contributed by atoms with Crippen LogP contribution < -0.4 is 14.5 Å². The number of ether oxygens (including phenoxy) is 1. The number of piperazine rings is 1. The van der Waals surface area contributed by atoms with Crippen LogP contribution in [0.5, 0.6) is 5.75 Å². The van der Waals surface area contributed by atoms with E-state index >= 15 is 0 Å². The number of hydrogen-bond acceptors (Lipinski definition) is 7. The predicted octanol–water partition coefficient (Wildman–Crippen LogP) is 1.51. The fraction of sp³-hybridized carbons (Fsp3) is 0.444. The van der Waals surface area contributed by atoms with E-state index in [1.807, 2.05) is 36.9 Å². The van der Waals surface area contributed by atoms with Gasteiger partial charge in [0, 0.05) is 46.3 Å². The normalized spacial score (nSPS) is 15.5. The van der Waals surface area contributed by atoms with Gasteiger partial charge in [-0.3, -0.25) is 0 Å². The van der Waals surface area contributed by atoms with Crippen molar-refractivity contribution >= 4 is 21.7 Å². The summed E-state index contributed by atoms with van der Waals surface area (Å²) in [6.45, 7) is 3.30. The van der Waals surface area contributed by atoms with Gasteiger partial charge in [0.05, 0.1) is 7.11 Å². The SMILES string of the molecule is COc1ccc(F)cc1S(=O)(=O)N1CCN(c2cc(N(C)C)nc(C)n2)CC1. The highest BCUT2D eigenvalue weighted by molar-refractivity contribution is 7.89. The molecule has 3 rings (SSSR count). The Bertz CT molecular complexity index is 960. The summed E-state index contributed by atoms with van der Waals surface area (Å²) >= 11 is 0. The molecule has 2 aromatic rings. The van der Waals surface area contributed by atoms with Crippen LogP contribution in [0.3, 0.4) is 0 Å². The van der Waals surface area contributed by atoms with E-state index in [9.17, 15) is 12.8 Å². The Morgan fingerprint density at radius 2 is 1.79 bits per heavy atom. The van der Waals surface area contributed by atoms with E-state index in [0.717, 1.165) is 17.7 Å². The number of hydrogen-bond donors (Lipinski definition) is 0. The second-order valence-corrected chi connectivity index (χ2v) is 8.62. The Morgan fingerprint density at radius 1 is 1.11 bits per heavy atom. The van der Waals surface area contributed by atoms with Crippen LogP contribution in [0, 0.1) is 12.7 Å². The van der Waals surface area contributed by atoms with Crippen LogP contribution in [0.1, 0.15) is 5.82 Å². The molecule has 1 aromatic heterocycles. The molecule has 152 valence electrons. The third-order valence-corrected chi connectivity index (χ3v) is 6.50. The Morgan fingerprint density at radius 3 is 2.39 bits per heavy atom. The van der Waals surface area contributed by atoms with E-state index in [2.05, 4.69) is 9.97 Å². The second-order valence-electron chi connectivity index (χ2n) is 6.71. The van der Waals surface area contributed by atoms with Crippen LogP contribution in [-0.4, -0.2) is 70.1 Å². The van der Waals surface area contributed by atoms with Gasteiger partial charge in [-0.15, -0.1) is 0 Å². The number of aromatic nitrogens is 2. The maximum atomic E-state index is 13.6. The Balaban J connectivity index is 1.80. The molecule has 1 aromatic carbocycles. The van der Waals surface area contributed by atoms with E-state index in [4.69, 9.17) is 4.74 Å². The predicted molar refractivity (Wildman–Crippen MR) is 105 cm³/mol. The second kappa shape index (κ2) is 7.88. The van der Waals surface area contributed by atoms with Crippen molar-refractivity contribution in [1.82, 2.24) is 14.3 Å². The molecule has 1 aliphatic rings. The van der Waals surface area contributed by atoms with E-state index in [1.54, 1.807) is 0 Å². The molecule has 1 saturated heterocycles. The Labute approximate surface area is 164 Å². The molecule has 0 bridgehead atoms. The van der Waals surface area contributed by atoms with Gasteiger partial charge in [-0.05, 0) is 25.1 Å². The monoisotopic (exact) mass is 409 g/mol. The number of nitrogens with zero attached hydrogens (tertiary/aromatic N) is 5. The van der Waals surface area contributed by atoms with Gasteiger partial charge in [0.2, 0.25) is 10.0 Å². The zero-order valence-electron chi connectivity index (χ0n) is 16.4. The highest BCUT2D eigenvalue weighted by Crippen LogP contribution is 2.29. The molecule has 0 amide bonds. The van der Waals surface area contributed by atoms with E-state index in [0.29, 0.717) is 18.9 Å². The van der Waals surface area contributed by atoms with Gasteiger partial charge in [-0.2, -0.15) is 4.31 Å². The summed E-state index contributed by atoms with van der Waals surface area (Å²) in [4.78, 5) is 12.6. The number of benzene rings is 1. The van der Waals surface area contributed by atoms with Crippen LogP contribution in [0.4, 0.5) is 16.0 Å². The number of halogens is 1. The van der Waals surface area contributed by atoms with Crippen molar-refractivity contribution in [3.8, 4) is 5.75 Å². The van der Waals surface area contributed by atoms with E-state index in [1.165, 1.54) is 23.5 Å². The highest BCUT2D eigenvalue weighted by Gasteiger charge is 2.31. The molecule has 8 nitrogen and oxygen atoms in total. The molecule has 0 N–H and O–H groups in total. The first-order valence-electron chi connectivity index (χ1n) is 8.84. The van der Waals surface area contributed by atoms with E-state index in [-0.39, 0.29) is 23.7 Å². The number of anilines is 2. The minimum atomic E-state index is -3.86. The lowest BCUT2D eigenvalue weighted by atomic mass is 10.3. The molecule has 1 fully saturated rings. The Kier molecular flexibility index (Phi) is 5.71. The first-order chi connectivity index (χ1) is 13.2. The van der Waals surface area contributed by atoms with Gasteiger partial charge in [0.1, 0.15) is 33.9 Å². The molecule has 0 unspecified atom stereocenters. The third-order valence-electron chi connectivity index (χ3n) is 4.58. The molecule has 0 atom stereocenters. The minimum absolute atomic E-state index is 0.130. The standard InChI is InChI=1S/C18H24FN5O3S/c1-13-20-17(22(2)3)12-18(21-13)23-7-9-24(10-8-23)28(25,26)16-11-14(19)5-6-15(16)27-4/h5-6,11-12H,7-10H2,1-4H3. The van der Waals surface area contributed by atoms with Gasteiger partial charge in [0.25, 0.3) is 0 Å². The molecular weight excluding hydrogens is 385 g/mol. The van der Waals surface area contributed by atoms with Crippen molar-refractivity contribution < 1.29 is 17.5 Å². The van der Waals surface area contributed by atoms with Crippen molar-refractivity contribution in [2.45, 2.75) is 11.8 Å². The maximum absolute atomic E-state index is 13.6. The zero-order chi connectivity index (χ0) is 20.5. The van der Waals surface area contributed by atoms with Crippen molar-refractivity contribution in [2.24, 2.45) is 0 Å². The summed E-state index contributed by atoms with van der Waals surface area (Å²) in [5.41, 5.74) is 0. The number of methoxy groups -OCH3 is 1. The lowest BCUT2D eigenvalue weighted by molar-refractivity contribution is 0.372. The van der Waals surface area contributed by atoms with Gasteiger partial charge >= 0.3 is 0 Å². The number of sulfonamides is 1. The third kappa shape index (κ3) is 4.02. The fourth-order valence-corrected chi connectivity index (χ4v) is 4.67. The van der Waals surface area contributed by atoms with Crippen molar-refractivity contribution in [1.29, 1.82) is 0 Å². The minimum Gasteiger partial charge on any atom is -0.495 e. The average molecular weight is 409 g/mol. The average Bonchev–Trinajstić information content (AvgIpc) is 2.67. The van der Waals surface area contributed by atoms with Crippen molar-refractivity contribution in [3.05, 3.63) is 35.9 Å². The van der Waals surface area contributed by atoms with Crippen LogP contribution >= 0.6 is 0 Å². The summed E-state index contributed by atoms with van der Waals surface area (Å²) < 4.78 is 46.1. The largest absolute Gasteiger partial charge is 0.495 e. The van der Waals surface area contributed by atoms with Gasteiger partial charge in [-0.1, -0.05) is 0 Å². The van der Waals surface area contributed by atoms with Crippen molar-refractivity contribution in [3.63, 3.8) is 0 Å². The molecule has 28 heavy (non-hydrogen) atoms. The van der Waals surface area contributed by atoms with Gasteiger partial charge < -0.3 is 14.5 Å². The molecule has 2 heterocycles. The Hall–Kier alpha value is -2.46. The zero-order valence-corrected chi connectivity index (χ0v) is 17.2. The molecule has 0 saturated carbocycles. The summed E-state index contributed by atoms with van der Waals surface area (Å²) in [5, 5.41) is 0. The number of rotatable bonds is 5. The number of aryl methyl sites for hydroxylation is 1. The van der Waals surface area contributed by atoms with Crippen molar-refractivity contribution in [2.75, 3.05) is 57.2 Å². The summed E-state index contributed by atoms with van der Waals surface area (Å²) in [6, 6.07) is 5.38. The first-order valence-corrected chi connectivity index (χ1v) is 10.3. The smallest absolute Gasteiger partial charge is 0.246 e. The first kappa shape index (κ1) is 20.3. The molecule has 0 spiro atoms. The van der Waals surface area contributed by atoms with E-state index < -0.39 is 15.8 Å². The summed E-state index contributed by atoms with van der Waals surface area (Å²) in [7, 11) is 1.31. The van der Waals surface area contributed by atoms with Gasteiger partial charge in [0.15, 0.2) is 0 Å². The quantitative estimate of drug-likeness (QED) is 0.741. The molecule has 0 aliphatic carbocycles. The lowest BCUT2D eigenvalue weighted by Crippen LogP contribution is -2.49. The molecule has 0 radical (unpaired) electrons. The summed E-state index contributed by atoms with van der Waals surface area (Å²) in [5.74, 6) is 1.72. The maximum Gasteiger partial charge on any atom is 0.246 e. The van der Waals surface area contributed by atoms with Crippen LogP contribution in [-0.2, 0) is 10.0 Å². The highest BCUT2D eigenvalue weighted by atomic mass is 32.2. The lowest BCUT2D eigenvalue weighted by Gasteiger charge is -2.35. The fourth-order valence-electron chi connectivity index (χ4n) is 3.08. The molecule has 10 heteroatoms.